The highest BCUT2D eigenvalue weighted by atomic mass is 16.3. The number of ketones is 1. The standard InChI is InChI=1S/C19H30O3/c1-17-8-5-13(20)11-12(17)3-4-15-14(17)6-9-18(2)16(21)7-10-19(15,18)22/h12-15,20,22H,3-11H2,1-2H3/t12-,13+,14-,15+,17-,18+,19+/m0/s1. The van der Waals surface area contributed by atoms with Gasteiger partial charge in [-0.15, -0.1) is 0 Å². The minimum atomic E-state index is -0.767. The Balaban J connectivity index is 1.69. The monoisotopic (exact) mass is 306 g/mol. The molecule has 0 aliphatic heterocycles. The van der Waals surface area contributed by atoms with Crippen molar-refractivity contribution in [2.75, 3.05) is 0 Å². The van der Waals surface area contributed by atoms with Crippen molar-refractivity contribution in [3.63, 3.8) is 0 Å². The fourth-order valence-electron chi connectivity index (χ4n) is 6.97. The first kappa shape index (κ1) is 15.1. The molecule has 0 unspecified atom stereocenters. The number of carbonyl (C=O) groups is 1. The molecule has 22 heavy (non-hydrogen) atoms. The van der Waals surface area contributed by atoms with Crippen LogP contribution in [0, 0.1) is 28.6 Å². The van der Waals surface area contributed by atoms with Crippen molar-refractivity contribution >= 4 is 5.78 Å². The van der Waals surface area contributed by atoms with Crippen molar-refractivity contribution in [1.82, 2.24) is 0 Å². The fraction of sp³-hybridized carbons (Fsp3) is 0.947. The Hall–Kier alpha value is -0.410. The van der Waals surface area contributed by atoms with Crippen LogP contribution in [0.5, 0.6) is 0 Å². The number of aliphatic hydroxyl groups excluding tert-OH is 1. The Morgan fingerprint density at radius 2 is 1.77 bits per heavy atom. The first-order valence-electron chi connectivity index (χ1n) is 9.25. The van der Waals surface area contributed by atoms with Gasteiger partial charge in [-0.1, -0.05) is 6.92 Å². The van der Waals surface area contributed by atoms with Crippen molar-refractivity contribution in [3.8, 4) is 0 Å². The summed E-state index contributed by atoms with van der Waals surface area (Å²) in [6.07, 6.45) is 8.13. The predicted octanol–water partition coefficient (Wildman–Crippen LogP) is 3.07. The van der Waals surface area contributed by atoms with E-state index in [2.05, 4.69) is 6.92 Å². The SMILES string of the molecule is C[C@]12CC[C@@H](O)C[C@@H]1CC[C@@H]1[C@@H]2CC[C@]2(C)C(=O)CC[C@@]12O. The highest BCUT2D eigenvalue weighted by Crippen LogP contribution is 2.66. The maximum atomic E-state index is 12.4. The molecule has 4 aliphatic rings. The van der Waals surface area contributed by atoms with Crippen molar-refractivity contribution in [2.45, 2.75) is 83.3 Å². The Morgan fingerprint density at radius 3 is 2.55 bits per heavy atom. The predicted molar refractivity (Wildman–Crippen MR) is 84.2 cm³/mol. The number of Topliss-reactive ketones (excluding diaryl/α,β-unsaturated/α-hetero) is 1. The van der Waals surface area contributed by atoms with E-state index in [4.69, 9.17) is 0 Å². The summed E-state index contributed by atoms with van der Waals surface area (Å²) in [4.78, 5) is 12.4. The van der Waals surface area contributed by atoms with Crippen LogP contribution >= 0.6 is 0 Å². The summed E-state index contributed by atoms with van der Waals surface area (Å²) in [6, 6.07) is 0. The Bertz CT molecular complexity index is 503. The van der Waals surface area contributed by atoms with E-state index in [0.29, 0.717) is 30.5 Å². The molecule has 2 N–H and O–H groups in total. The first-order chi connectivity index (χ1) is 10.3. The lowest BCUT2D eigenvalue weighted by Crippen LogP contribution is -2.62. The first-order valence-corrected chi connectivity index (χ1v) is 9.25. The molecule has 4 saturated carbocycles. The van der Waals surface area contributed by atoms with E-state index in [9.17, 15) is 15.0 Å². The second kappa shape index (κ2) is 4.57. The molecule has 0 aromatic carbocycles. The molecule has 0 saturated heterocycles. The Labute approximate surface area is 133 Å². The van der Waals surface area contributed by atoms with Crippen molar-refractivity contribution < 1.29 is 15.0 Å². The summed E-state index contributed by atoms with van der Waals surface area (Å²) in [5.74, 6) is 1.71. The van der Waals surface area contributed by atoms with Crippen molar-refractivity contribution in [1.29, 1.82) is 0 Å². The van der Waals surface area contributed by atoms with E-state index in [1.54, 1.807) is 0 Å². The zero-order valence-electron chi connectivity index (χ0n) is 14.0. The molecular weight excluding hydrogens is 276 g/mol. The van der Waals surface area contributed by atoms with Crippen LogP contribution in [0.2, 0.25) is 0 Å². The van der Waals surface area contributed by atoms with Crippen LogP contribution in [-0.4, -0.2) is 27.7 Å². The van der Waals surface area contributed by atoms with E-state index in [1.807, 2.05) is 6.92 Å². The van der Waals surface area contributed by atoms with Gasteiger partial charge in [0.25, 0.3) is 0 Å². The minimum absolute atomic E-state index is 0.125. The summed E-state index contributed by atoms with van der Waals surface area (Å²) in [7, 11) is 0. The van der Waals surface area contributed by atoms with Gasteiger partial charge in [-0.2, -0.15) is 0 Å². The molecule has 0 heterocycles. The number of hydrogen-bond donors (Lipinski definition) is 2. The van der Waals surface area contributed by atoms with Crippen molar-refractivity contribution in [2.24, 2.45) is 28.6 Å². The van der Waals surface area contributed by atoms with Gasteiger partial charge in [-0.25, -0.2) is 0 Å². The van der Waals surface area contributed by atoms with Gasteiger partial charge in [0.2, 0.25) is 0 Å². The molecule has 4 aliphatic carbocycles. The van der Waals surface area contributed by atoms with Crippen LogP contribution in [0.15, 0.2) is 0 Å². The smallest absolute Gasteiger partial charge is 0.141 e. The molecule has 124 valence electrons. The van der Waals surface area contributed by atoms with Crippen LogP contribution < -0.4 is 0 Å². The number of rotatable bonds is 0. The number of fused-ring (bicyclic) bond motifs is 5. The zero-order valence-corrected chi connectivity index (χ0v) is 14.0. The maximum absolute atomic E-state index is 12.4. The third kappa shape index (κ3) is 1.67. The van der Waals surface area contributed by atoms with E-state index in [1.165, 1.54) is 0 Å². The molecule has 4 fully saturated rings. The highest BCUT2D eigenvalue weighted by molar-refractivity contribution is 5.88. The third-order valence-electron chi connectivity index (χ3n) is 8.54. The second-order valence-corrected chi connectivity index (χ2v) is 9.14. The van der Waals surface area contributed by atoms with Crippen molar-refractivity contribution in [3.05, 3.63) is 0 Å². The number of carbonyl (C=O) groups excluding carboxylic acids is 1. The summed E-state index contributed by atoms with van der Waals surface area (Å²) < 4.78 is 0. The molecule has 0 bridgehead atoms. The Morgan fingerprint density at radius 1 is 1.00 bits per heavy atom. The van der Waals surface area contributed by atoms with Crippen LogP contribution in [0.1, 0.15) is 71.6 Å². The van der Waals surface area contributed by atoms with Gasteiger partial charge in [0, 0.05) is 6.42 Å². The van der Waals surface area contributed by atoms with Crippen LogP contribution in [0.4, 0.5) is 0 Å². The summed E-state index contributed by atoms with van der Waals surface area (Å²) in [5.41, 5.74) is -1.01. The quantitative estimate of drug-likeness (QED) is 0.723. The molecule has 4 rings (SSSR count). The maximum Gasteiger partial charge on any atom is 0.141 e. The lowest BCUT2D eigenvalue weighted by atomic mass is 9.44. The molecule has 3 heteroatoms. The van der Waals surface area contributed by atoms with Gasteiger partial charge in [0.15, 0.2) is 0 Å². The van der Waals surface area contributed by atoms with Gasteiger partial charge in [0.05, 0.1) is 17.1 Å². The van der Waals surface area contributed by atoms with E-state index in [0.717, 1.165) is 44.9 Å². The fourth-order valence-corrected chi connectivity index (χ4v) is 6.97. The Kier molecular flexibility index (Phi) is 3.14. The van der Waals surface area contributed by atoms with Gasteiger partial charge >= 0.3 is 0 Å². The van der Waals surface area contributed by atoms with Gasteiger partial charge in [0.1, 0.15) is 5.78 Å². The third-order valence-corrected chi connectivity index (χ3v) is 8.54. The van der Waals surface area contributed by atoms with Crippen LogP contribution in [0.3, 0.4) is 0 Å². The number of aliphatic hydroxyl groups is 2. The molecule has 0 aromatic rings. The average Bonchev–Trinajstić information content (AvgIpc) is 2.72. The highest BCUT2D eigenvalue weighted by Gasteiger charge is 2.67. The van der Waals surface area contributed by atoms with E-state index >= 15 is 0 Å². The lowest BCUT2D eigenvalue weighted by Gasteiger charge is -2.62. The molecule has 7 atom stereocenters. The molecular formula is C19H30O3. The molecule has 0 amide bonds. The molecule has 3 nitrogen and oxygen atoms in total. The van der Waals surface area contributed by atoms with Gasteiger partial charge in [-0.05, 0) is 81.5 Å². The summed E-state index contributed by atoms with van der Waals surface area (Å²) in [6.45, 7) is 4.43. The number of hydrogen-bond acceptors (Lipinski definition) is 3. The lowest BCUT2D eigenvalue weighted by molar-refractivity contribution is -0.202. The average molecular weight is 306 g/mol. The molecule has 0 radical (unpaired) electrons. The normalized spacial score (nSPS) is 57.9. The summed E-state index contributed by atoms with van der Waals surface area (Å²) in [5, 5.41) is 21.6. The zero-order chi connectivity index (χ0) is 15.8. The van der Waals surface area contributed by atoms with E-state index < -0.39 is 11.0 Å². The van der Waals surface area contributed by atoms with Crippen LogP contribution in [0.25, 0.3) is 0 Å². The van der Waals surface area contributed by atoms with Gasteiger partial charge < -0.3 is 10.2 Å². The topological polar surface area (TPSA) is 57.5 Å². The second-order valence-electron chi connectivity index (χ2n) is 9.14. The summed E-state index contributed by atoms with van der Waals surface area (Å²) >= 11 is 0. The van der Waals surface area contributed by atoms with Crippen LogP contribution in [-0.2, 0) is 4.79 Å². The molecule has 0 spiro atoms. The van der Waals surface area contributed by atoms with Gasteiger partial charge in [-0.3, -0.25) is 4.79 Å². The largest absolute Gasteiger partial charge is 0.393 e. The molecule has 0 aromatic heterocycles. The van der Waals surface area contributed by atoms with E-state index in [-0.39, 0.29) is 17.4 Å². The minimum Gasteiger partial charge on any atom is -0.393 e.